The summed E-state index contributed by atoms with van der Waals surface area (Å²) in [6.45, 7) is 0. The minimum absolute atomic E-state index is 0.626. The number of nitrogens with zero attached hydrogens (tertiary/aromatic N) is 2. The average molecular weight is 284 g/mol. The molecule has 1 aliphatic rings. The summed E-state index contributed by atoms with van der Waals surface area (Å²) in [5, 5.41) is 0. The van der Waals surface area contributed by atoms with E-state index in [1.165, 1.54) is 32.1 Å². The Morgan fingerprint density at radius 1 is 1.38 bits per heavy atom. The number of rotatable bonds is 2. The molecule has 1 heterocycles. The van der Waals surface area contributed by atoms with Crippen molar-refractivity contribution in [2.75, 3.05) is 17.7 Å². The molecule has 88 valence electrons. The third kappa shape index (κ3) is 2.48. The van der Waals surface area contributed by atoms with Gasteiger partial charge in [-0.05, 0) is 34.8 Å². The van der Waals surface area contributed by atoms with Crippen LogP contribution >= 0.6 is 15.9 Å². The normalized spacial score (nSPS) is 17.4. The molecule has 0 amide bonds. The molecular weight excluding hydrogens is 266 g/mol. The van der Waals surface area contributed by atoms with E-state index in [1.54, 1.807) is 6.20 Å². The zero-order valence-corrected chi connectivity index (χ0v) is 11.2. The topological polar surface area (TPSA) is 42.2 Å². The monoisotopic (exact) mass is 283 g/mol. The van der Waals surface area contributed by atoms with Crippen molar-refractivity contribution < 1.29 is 0 Å². The molecule has 2 rings (SSSR count). The van der Waals surface area contributed by atoms with Crippen LogP contribution in [0.3, 0.4) is 0 Å². The maximum atomic E-state index is 5.70. The number of anilines is 2. The van der Waals surface area contributed by atoms with E-state index < -0.39 is 0 Å². The summed E-state index contributed by atoms with van der Waals surface area (Å²) in [6.07, 6.45) is 8.31. The van der Waals surface area contributed by atoms with Gasteiger partial charge in [0.1, 0.15) is 5.82 Å². The third-order valence-electron chi connectivity index (χ3n) is 3.30. The highest BCUT2D eigenvalue weighted by Crippen LogP contribution is 2.30. The molecule has 1 saturated carbocycles. The molecule has 2 N–H and O–H groups in total. The van der Waals surface area contributed by atoms with Gasteiger partial charge in [-0.2, -0.15) is 0 Å². The number of halogens is 1. The number of hydrogen-bond donors (Lipinski definition) is 1. The first-order valence-electron chi connectivity index (χ1n) is 5.82. The van der Waals surface area contributed by atoms with E-state index in [4.69, 9.17) is 5.73 Å². The highest BCUT2D eigenvalue weighted by molar-refractivity contribution is 9.10. The van der Waals surface area contributed by atoms with Crippen LogP contribution in [-0.2, 0) is 0 Å². The van der Waals surface area contributed by atoms with Gasteiger partial charge in [-0.1, -0.05) is 19.3 Å². The minimum Gasteiger partial charge on any atom is -0.397 e. The fourth-order valence-electron chi connectivity index (χ4n) is 2.35. The highest BCUT2D eigenvalue weighted by atomic mass is 79.9. The van der Waals surface area contributed by atoms with Crippen molar-refractivity contribution in [1.82, 2.24) is 4.98 Å². The molecule has 0 spiro atoms. The fraction of sp³-hybridized carbons (Fsp3) is 0.583. The van der Waals surface area contributed by atoms with E-state index in [2.05, 4.69) is 32.9 Å². The molecule has 1 aliphatic carbocycles. The second kappa shape index (κ2) is 5.04. The lowest BCUT2D eigenvalue weighted by Crippen LogP contribution is -2.34. The smallest absolute Gasteiger partial charge is 0.143 e. The van der Waals surface area contributed by atoms with E-state index in [1.807, 2.05) is 6.07 Å². The van der Waals surface area contributed by atoms with Crippen LogP contribution in [0.15, 0.2) is 16.7 Å². The van der Waals surface area contributed by atoms with Gasteiger partial charge in [-0.3, -0.25) is 0 Å². The summed E-state index contributed by atoms with van der Waals surface area (Å²) >= 11 is 3.53. The van der Waals surface area contributed by atoms with Crippen LogP contribution in [0.25, 0.3) is 0 Å². The standard InChI is InChI=1S/C12H18BrN3/c1-16(10-5-3-2-4-6-10)12-11(13)7-9(14)8-15-12/h7-8,10H,2-6,14H2,1H3. The van der Waals surface area contributed by atoms with E-state index in [0.29, 0.717) is 11.7 Å². The van der Waals surface area contributed by atoms with Crippen molar-refractivity contribution in [2.24, 2.45) is 0 Å². The van der Waals surface area contributed by atoms with Gasteiger partial charge in [0.25, 0.3) is 0 Å². The summed E-state index contributed by atoms with van der Waals surface area (Å²) in [6, 6.07) is 2.54. The van der Waals surface area contributed by atoms with Gasteiger partial charge in [0.15, 0.2) is 0 Å². The van der Waals surface area contributed by atoms with E-state index in [9.17, 15) is 0 Å². The first-order chi connectivity index (χ1) is 7.68. The van der Waals surface area contributed by atoms with Crippen LogP contribution in [0.5, 0.6) is 0 Å². The van der Waals surface area contributed by atoms with Gasteiger partial charge in [0.2, 0.25) is 0 Å². The minimum atomic E-state index is 0.626. The number of pyridine rings is 1. The molecule has 4 heteroatoms. The van der Waals surface area contributed by atoms with E-state index >= 15 is 0 Å². The molecule has 16 heavy (non-hydrogen) atoms. The molecule has 0 aromatic carbocycles. The van der Waals surface area contributed by atoms with Crippen molar-refractivity contribution in [3.05, 3.63) is 16.7 Å². The lowest BCUT2D eigenvalue weighted by molar-refractivity contribution is 0.425. The largest absolute Gasteiger partial charge is 0.397 e. The molecule has 0 bridgehead atoms. The second-order valence-corrected chi connectivity index (χ2v) is 5.33. The second-order valence-electron chi connectivity index (χ2n) is 4.48. The van der Waals surface area contributed by atoms with Gasteiger partial charge in [-0.25, -0.2) is 4.98 Å². The Kier molecular flexibility index (Phi) is 3.69. The summed E-state index contributed by atoms with van der Waals surface area (Å²) in [5.41, 5.74) is 6.40. The van der Waals surface area contributed by atoms with Crippen LogP contribution in [-0.4, -0.2) is 18.1 Å². The highest BCUT2D eigenvalue weighted by Gasteiger charge is 2.20. The summed E-state index contributed by atoms with van der Waals surface area (Å²) in [5.74, 6) is 1.00. The van der Waals surface area contributed by atoms with Crippen LogP contribution in [0.2, 0.25) is 0 Å². The molecule has 0 aliphatic heterocycles. The van der Waals surface area contributed by atoms with Crippen molar-refractivity contribution in [1.29, 1.82) is 0 Å². The van der Waals surface area contributed by atoms with Gasteiger partial charge in [0.05, 0.1) is 16.4 Å². The quantitative estimate of drug-likeness (QED) is 0.906. The van der Waals surface area contributed by atoms with Crippen LogP contribution in [0.1, 0.15) is 32.1 Å². The molecule has 1 aromatic heterocycles. The predicted octanol–water partition coefficient (Wildman–Crippen LogP) is 3.20. The van der Waals surface area contributed by atoms with Crippen LogP contribution in [0, 0.1) is 0 Å². The van der Waals surface area contributed by atoms with E-state index in [0.717, 1.165) is 10.3 Å². The Bertz CT molecular complexity index is 361. The zero-order valence-electron chi connectivity index (χ0n) is 9.62. The van der Waals surface area contributed by atoms with Gasteiger partial charge in [0, 0.05) is 13.1 Å². The Morgan fingerprint density at radius 2 is 2.06 bits per heavy atom. The van der Waals surface area contributed by atoms with Crippen molar-refractivity contribution >= 4 is 27.4 Å². The number of nitrogens with two attached hydrogens (primary N) is 1. The lowest BCUT2D eigenvalue weighted by atomic mass is 9.94. The molecule has 1 fully saturated rings. The zero-order chi connectivity index (χ0) is 11.5. The maximum absolute atomic E-state index is 5.70. The van der Waals surface area contributed by atoms with Crippen molar-refractivity contribution in [2.45, 2.75) is 38.1 Å². The molecule has 0 saturated heterocycles. The fourth-order valence-corrected chi connectivity index (χ4v) is 2.99. The van der Waals surface area contributed by atoms with Gasteiger partial charge < -0.3 is 10.6 Å². The third-order valence-corrected chi connectivity index (χ3v) is 3.88. The number of hydrogen-bond acceptors (Lipinski definition) is 3. The van der Waals surface area contributed by atoms with E-state index in [-0.39, 0.29) is 0 Å². The average Bonchev–Trinajstić information content (AvgIpc) is 2.29. The van der Waals surface area contributed by atoms with Crippen molar-refractivity contribution in [3.63, 3.8) is 0 Å². The predicted molar refractivity (Wildman–Crippen MR) is 71.6 cm³/mol. The lowest BCUT2D eigenvalue weighted by Gasteiger charge is -2.32. The Morgan fingerprint density at radius 3 is 2.69 bits per heavy atom. The maximum Gasteiger partial charge on any atom is 0.143 e. The molecule has 0 radical (unpaired) electrons. The van der Waals surface area contributed by atoms with Gasteiger partial charge in [-0.15, -0.1) is 0 Å². The molecular formula is C12H18BrN3. The van der Waals surface area contributed by atoms with Crippen LogP contribution in [0.4, 0.5) is 11.5 Å². The Balaban J connectivity index is 2.15. The number of aromatic nitrogens is 1. The Labute approximate surface area is 105 Å². The SMILES string of the molecule is CN(c1ncc(N)cc1Br)C1CCCCC1. The molecule has 3 nitrogen and oxygen atoms in total. The summed E-state index contributed by atoms with van der Waals surface area (Å²) in [4.78, 5) is 6.69. The molecule has 0 unspecified atom stereocenters. The first kappa shape index (κ1) is 11.7. The van der Waals surface area contributed by atoms with Gasteiger partial charge >= 0.3 is 0 Å². The molecule has 1 aromatic rings. The first-order valence-corrected chi connectivity index (χ1v) is 6.61. The summed E-state index contributed by atoms with van der Waals surface area (Å²) in [7, 11) is 2.12. The molecule has 0 atom stereocenters. The number of nitrogen functional groups attached to an aromatic ring is 1. The summed E-state index contributed by atoms with van der Waals surface area (Å²) < 4.78 is 0.987. The van der Waals surface area contributed by atoms with Crippen LogP contribution < -0.4 is 10.6 Å². The Hall–Kier alpha value is -0.770. The van der Waals surface area contributed by atoms with Crippen molar-refractivity contribution in [3.8, 4) is 0 Å².